The van der Waals surface area contributed by atoms with Gasteiger partial charge >= 0.3 is 0 Å². The van der Waals surface area contributed by atoms with Gasteiger partial charge in [0.25, 0.3) is 5.91 Å². The number of hydrogen-bond acceptors (Lipinski definition) is 4. The molecular formula is C16H17N3O3S. The summed E-state index contributed by atoms with van der Waals surface area (Å²) >= 11 is 0. The maximum Gasteiger partial charge on any atom is 0.256 e. The minimum Gasteiger partial charge on any atom is -0.307 e. The fraction of sp³-hybridized carbons (Fsp3) is 0.250. The number of nitrogens with zero attached hydrogens (tertiary/aromatic N) is 1. The molecule has 1 aliphatic rings. The standard InChI is InChI=1S/C16H17N3O3S/c1-11-2-9-15(17-10-11)18-16(20)12-3-7-14(8-4-12)23(21,22)19-13-5-6-13/h2-4,7-10,13,19H,5-6H2,1H3,(H,17,18,20). The Bertz CT molecular complexity index is 811. The zero-order chi connectivity index (χ0) is 16.4. The predicted molar refractivity (Wildman–Crippen MR) is 86.7 cm³/mol. The molecule has 3 rings (SSSR count). The Hall–Kier alpha value is -2.25. The third-order valence-electron chi connectivity index (χ3n) is 3.48. The predicted octanol–water partition coefficient (Wildman–Crippen LogP) is 2.08. The summed E-state index contributed by atoms with van der Waals surface area (Å²) < 4.78 is 26.7. The van der Waals surface area contributed by atoms with E-state index < -0.39 is 10.0 Å². The molecule has 1 fully saturated rings. The minimum absolute atomic E-state index is 0.0515. The fourth-order valence-electron chi connectivity index (χ4n) is 2.00. The number of anilines is 1. The van der Waals surface area contributed by atoms with Crippen LogP contribution in [-0.2, 0) is 10.0 Å². The number of carbonyl (C=O) groups excluding carboxylic acids is 1. The molecule has 2 aromatic rings. The number of amides is 1. The van der Waals surface area contributed by atoms with Crippen LogP contribution in [-0.4, -0.2) is 25.4 Å². The minimum atomic E-state index is -3.50. The van der Waals surface area contributed by atoms with Crippen molar-refractivity contribution in [1.82, 2.24) is 9.71 Å². The van der Waals surface area contributed by atoms with Gasteiger partial charge in [-0.05, 0) is 55.7 Å². The summed E-state index contributed by atoms with van der Waals surface area (Å²) in [5, 5.41) is 2.67. The average Bonchev–Trinajstić information content (AvgIpc) is 3.33. The summed E-state index contributed by atoms with van der Waals surface area (Å²) in [6, 6.07) is 9.46. The van der Waals surface area contributed by atoms with E-state index in [0.717, 1.165) is 18.4 Å². The van der Waals surface area contributed by atoms with Gasteiger partial charge in [-0.25, -0.2) is 18.1 Å². The Morgan fingerprint density at radius 3 is 2.39 bits per heavy atom. The molecule has 0 spiro atoms. The number of rotatable bonds is 5. The number of nitrogens with one attached hydrogen (secondary N) is 2. The van der Waals surface area contributed by atoms with Crippen LogP contribution < -0.4 is 10.0 Å². The monoisotopic (exact) mass is 331 g/mol. The molecular weight excluding hydrogens is 314 g/mol. The largest absolute Gasteiger partial charge is 0.307 e. The van der Waals surface area contributed by atoms with Crippen molar-refractivity contribution in [2.45, 2.75) is 30.7 Å². The molecule has 0 radical (unpaired) electrons. The second-order valence-electron chi connectivity index (χ2n) is 5.59. The second kappa shape index (κ2) is 6.10. The Balaban J connectivity index is 1.71. The van der Waals surface area contributed by atoms with Crippen molar-refractivity contribution in [2.24, 2.45) is 0 Å². The van der Waals surface area contributed by atoms with Crippen LogP contribution in [0, 0.1) is 6.92 Å². The zero-order valence-electron chi connectivity index (χ0n) is 12.6. The molecule has 1 heterocycles. The van der Waals surface area contributed by atoms with Crippen molar-refractivity contribution in [3.63, 3.8) is 0 Å². The molecule has 7 heteroatoms. The van der Waals surface area contributed by atoms with E-state index in [1.54, 1.807) is 12.3 Å². The Kier molecular flexibility index (Phi) is 4.14. The molecule has 6 nitrogen and oxygen atoms in total. The summed E-state index contributed by atoms with van der Waals surface area (Å²) in [5.74, 6) is 0.119. The molecule has 1 saturated carbocycles. The van der Waals surface area contributed by atoms with Gasteiger partial charge in [-0.3, -0.25) is 4.79 Å². The quantitative estimate of drug-likeness (QED) is 0.878. The first-order valence-electron chi connectivity index (χ1n) is 7.30. The van der Waals surface area contributed by atoms with Gasteiger partial charge in [0.05, 0.1) is 4.90 Å². The number of pyridine rings is 1. The topological polar surface area (TPSA) is 88.2 Å². The number of aryl methyl sites for hydroxylation is 1. The van der Waals surface area contributed by atoms with E-state index in [1.165, 1.54) is 24.3 Å². The molecule has 1 amide bonds. The maximum atomic E-state index is 12.1. The van der Waals surface area contributed by atoms with Crippen LogP contribution in [0.15, 0.2) is 47.5 Å². The van der Waals surface area contributed by atoms with Crippen LogP contribution in [0.3, 0.4) is 0 Å². The van der Waals surface area contributed by atoms with Crippen molar-refractivity contribution in [2.75, 3.05) is 5.32 Å². The van der Waals surface area contributed by atoms with Gasteiger partial charge in [0.15, 0.2) is 0 Å². The van der Waals surface area contributed by atoms with E-state index in [-0.39, 0.29) is 16.8 Å². The van der Waals surface area contributed by atoms with Crippen LogP contribution in [0.1, 0.15) is 28.8 Å². The second-order valence-corrected chi connectivity index (χ2v) is 7.31. The normalized spacial score (nSPS) is 14.5. The molecule has 1 aromatic heterocycles. The molecule has 1 aromatic carbocycles. The van der Waals surface area contributed by atoms with Crippen LogP contribution in [0.4, 0.5) is 5.82 Å². The van der Waals surface area contributed by atoms with Gasteiger partial charge in [0, 0.05) is 17.8 Å². The molecule has 1 aliphatic carbocycles. The van der Waals surface area contributed by atoms with Crippen molar-refractivity contribution >= 4 is 21.7 Å². The number of hydrogen-bond donors (Lipinski definition) is 2. The first kappa shape index (κ1) is 15.6. The summed E-state index contributed by atoms with van der Waals surface area (Å²) in [6.07, 6.45) is 3.42. The number of carbonyl (C=O) groups is 1. The Morgan fingerprint density at radius 2 is 1.83 bits per heavy atom. The lowest BCUT2D eigenvalue weighted by Crippen LogP contribution is -2.25. The lowest BCUT2D eigenvalue weighted by atomic mass is 10.2. The zero-order valence-corrected chi connectivity index (χ0v) is 13.4. The number of benzene rings is 1. The van der Waals surface area contributed by atoms with Gasteiger partial charge in [-0.15, -0.1) is 0 Å². The molecule has 0 unspecified atom stereocenters. The van der Waals surface area contributed by atoms with E-state index in [2.05, 4.69) is 15.0 Å². The third-order valence-corrected chi connectivity index (χ3v) is 5.02. The van der Waals surface area contributed by atoms with Gasteiger partial charge in [-0.2, -0.15) is 0 Å². The summed E-state index contributed by atoms with van der Waals surface area (Å²) in [7, 11) is -3.50. The van der Waals surface area contributed by atoms with E-state index >= 15 is 0 Å². The van der Waals surface area contributed by atoms with E-state index in [9.17, 15) is 13.2 Å². The lowest BCUT2D eigenvalue weighted by Gasteiger charge is -2.07. The van der Waals surface area contributed by atoms with Crippen LogP contribution >= 0.6 is 0 Å². The summed E-state index contributed by atoms with van der Waals surface area (Å²) in [4.78, 5) is 16.4. The van der Waals surface area contributed by atoms with Crippen LogP contribution in [0.25, 0.3) is 0 Å². The van der Waals surface area contributed by atoms with Gasteiger partial charge < -0.3 is 5.32 Å². The maximum absolute atomic E-state index is 12.1. The van der Waals surface area contributed by atoms with Gasteiger partial charge in [-0.1, -0.05) is 6.07 Å². The van der Waals surface area contributed by atoms with Crippen molar-refractivity contribution in [1.29, 1.82) is 0 Å². The molecule has 120 valence electrons. The first-order chi connectivity index (χ1) is 10.9. The van der Waals surface area contributed by atoms with E-state index in [0.29, 0.717) is 11.4 Å². The average molecular weight is 331 g/mol. The highest BCUT2D eigenvalue weighted by Gasteiger charge is 2.27. The highest BCUT2D eigenvalue weighted by atomic mass is 32.2. The lowest BCUT2D eigenvalue weighted by molar-refractivity contribution is 0.102. The highest BCUT2D eigenvalue weighted by molar-refractivity contribution is 7.89. The van der Waals surface area contributed by atoms with Crippen molar-refractivity contribution < 1.29 is 13.2 Å². The Labute approximate surface area is 135 Å². The molecule has 0 bridgehead atoms. The summed E-state index contributed by atoms with van der Waals surface area (Å²) in [5.41, 5.74) is 1.37. The van der Waals surface area contributed by atoms with Crippen LogP contribution in [0.2, 0.25) is 0 Å². The third kappa shape index (κ3) is 3.94. The summed E-state index contributed by atoms with van der Waals surface area (Å²) in [6.45, 7) is 1.91. The van der Waals surface area contributed by atoms with Gasteiger partial charge in [0.2, 0.25) is 10.0 Å². The van der Waals surface area contributed by atoms with Crippen LogP contribution in [0.5, 0.6) is 0 Å². The fourth-order valence-corrected chi connectivity index (χ4v) is 3.31. The van der Waals surface area contributed by atoms with E-state index in [1.807, 2.05) is 13.0 Å². The van der Waals surface area contributed by atoms with Crippen molar-refractivity contribution in [3.05, 3.63) is 53.7 Å². The van der Waals surface area contributed by atoms with E-state index in [4.69, 9.17) is 0 Å². The first-order valence-corrected chi connectivity index (χ1v) is 8.79. The Morgan fingerprint density at radius 1 is 1.13 bits per heavy atom. The molecule has 2 N–H and O–H groups in total. The van der Waals surface area contributed by atoms with Gasteiger partial charge in [0.1, 0.15) is 5.82 Å². The SMILES string of the molecule is Cc1ccc(NC(=O)c2ccc(S(=O)(=O)NC3CC3)cc2)nc1. The highest BCUT2D eigenvalue weighted by Crippen LogP contribution is 2.22. The molecule has 23 heavy (non-hydrogen) atoms. The molecule has 0 atom stereocenters. The molecule has 0 aliphatic heterocycles. The number of aromatic nitrogens is 1. The smallest absolute Gasteiger partial charge is 0.256 e. The van der Waals surface area contributed by atoms with Crippen molar-refractivity contribution in [3.8, 4) is 0 Å². The molecule has 0 saturated heterocycles. The number of sulfonamides is 1.